The van der Waals surface area contributed by atoms with Crippen molar-refractivity contribution in [3.05, 3.63) is 11.3 Å². The van der Waals surface area contributed by atoms with Crippen LogP contribution in [0.3, 0.4) is 0 Å². The van der Waals surface area contributed by atoms with Crippen LogP contribution in [0.25, 0.3) is 0 Å². The third kappa shape index (κ3) is 4.05. The molecule has 0 amide bonds. The molecule has 0 aromatic carbocycles. The first-order valence-corrected chi connectivity index (χ1v) is 4.43. The van der Waals surface area contributed by atoms with Gasteiger partial charge in [-0.25, -0.2) is 4.39 Å². The second kappa shape index (κ2) is 5.25. The molecule has 0 aromatic rings. The number of allylic oxidation sites excluding steroid dienone is 1. The van der Waals surface area contributed by atoms with Crippen molar-refractivity contribution in [1.82, 2.24) is 0 Å². The lowest BCUT2D eigenvalue weighted by Gasteiger charge is -2.30. The van der Waals surface area contributed by atoms with Gasteiger partial charge < -0.3 is 4.74 Å². The van der Waals surface area contributed by atoms with Crippen molar-refractivity contribution in [2.75, 3.05) is 6.61 Å². The average molecular weight is 329 g/mol. The van der Waals surface area contributed by atoms with Crippen molar-refractivity contribution in [2.45, 2.75) is 24.2 Å². The summed E-state index contributed by atoms with van der Waals surface area (Å²) in [6, 6.07) is 0. The van der Waals surface area contributed by atoms with Gasteiger partial charge in [-0.1, -0.05) is 11.6 Å². The molecule has 0 atom stereocenters. The number of alkyl halides is 10. The average Bonchev–Trinajstić information content (AvgIpc) is 2.12. The molecule has 12 heteroatoms. The first kappa shape index (κ1) is 18.1. The van der Waals surface area contributed by atoms with E-state index in [-0.39, 0.29) is 0 Å². The number of hydrogen-bond donors (Lipinski definition) is 0. The minimum Gasteiger partial charge on any atom is -0.484 e. The monoisotopic (exact) mass is 328 g/mol. The summed E-state index contributed by atoms with van der Waals surface area (Å²) in [7, 11) is 0. The molecule has 0 aromatic heterocycles. The van der Waals surface area contributed by atoms with Crippen molar-refractivity contribution in [3.8, 4) is 0 Å². The Morgan fingerprint density at radius 1 is 0.842 bits per heavy atom. The Morgan fingerprint density at radius 2 is 1.21 bits per heavy atom. The van der Waals surface area contributed by atoms with Crippen molar-refractivity contribution in [2.24, 2.45) is 0 Å². The van der Waals surface area contributed by atoms with E-state index < -0.39 is 42.1 Å². The van der Waals surface area contributed by atoms with Crippen LogP contribution < -0.4 is 0 Å². The molecule has 114 valence electrons. The fourth-order valence-electron chi connectivity index (χ4n) is 0.677. The summed E-state index contributed by atoms with van der Waals surface area (Å²) in [5.74, 6) is -2.38. The van der Waals surface area contributed by atoms with Gasteiger partial charge in [0.15, 0.2) is 0 Å². The highest BCUT2D eigenvalue weighted by Gasteiger charge is 2.73. The first-order valence-electron chi connectivity index (χ1n) is 3.99. The summed E-state index contributed by atoms with van der Waals surface area (Å²) < 4.78 is 123. The predicted octanol–water partition coefficient (Wildman–Crippen LogP) is 4.48. The Hall–Kier alpha value is -0.870. The van der Waals surface area contributed by atoms with Gasteiger partial charge in [-0.3, -0.25) is 0 Å². The zero-order valence-electron chi connectivity index (χ0n) is 8.35. The minimum absolute atomic E-state index is 0.451. The highest BCUT2D eigenvalue weighted by molar-refractivity contribution is 6.25. The third-order valence-electron chi connectivity index (χ3n) is 1.70. The maximum absolute atomic E-state index is 12.9. The smallest absolute Gasteiger partial charge is 0.449 e. The van der Waals surface area contributed by atoms with E-state index in [0.717, 1.165) is 0 Å². The fourth-order valence-corrected chi connectivity index (χ4v) is 0.863. The standard InChI is InChI=1S/C7H3ClF10O/c8-1-3(5(10,11)12)19-2-4(9,6(13,14)15)7(16,17)18/h1H,2H2/b3-1+. The van der Waals surface area contributed by atoms with Crippen LogP contribution in [0.2, 0.25) is 0 Å². The van der Waals surface area contributed by atoms with Crippen molar-refractivity contribution in [1.29, 1.82) is 0 Å². The van der Waals surface area contributed by atoms with Crippen LogP contribution in [0.5, 0.6) is 0 Å². The summed E-state index contributed by atoms with van der Waals surface area (Å²) in [5, 5.41) is 0. The van der Waals surface area contributed by atoms with E-state index in [1.54, 1.807) is 0 Å². The predicted molar refractivity (Wildman–Crippen MR) is 41.9 cm³/mol. The molecule has 0 unspecified atom stereocenters. The van der Waals surface area contributed by atoms with Gasteiger partial charge in [0.2, 0.25) is 5.76 Å². The van der Waals surface area contributed by atoms with Gasteiger partial charge in [-0.2, -0.15) is 39.5 Å². The SMILES string of the molecule is FC(F)(F)/C(=C\Cl)OCC(F)(C(F)(F)F)C(F)(F)F. The van der Waals surface area contributed by atoms with E-state index >= 15 is 0 Å². The summed E-state index contributed by atoms with van der Waals surface area (Å²) in [6.45, 7) is -2.96. The number of ether oxygens (including phenoxy) is 1. The molecule has 0 radical (unpaired) electrons. The number of rotatable bonds is 3. The Morgan fingerprint density at radius 3 is 1.42 bits per heavy atom. The molecule has 0 saturated heterocycles. The fraction of sp³-hybridized carbons (Fsp3) is 0.714. The maximum atomic E-state index is 12.9. The van der Waals surface area contributed by atoms with Crippen molar-refractivity contribution in [3.63, 3.8) is 0 Å². The molecular weight excluding hydrogens is 326 g/mol. The van der Waals surface area contributed by atoms with E-state index in [2.05, 4.69) is 16.3 Å². The van der Waals surface area contributed by atoms with E-state index in [1.165, 1.54) is 0 Å². The Kier molecular flexibility index (Phi) is 5.01. The topological polar surface area (TPSA) is 9.23 Å². The maximum Gasteiger partial charge on any atom is 0.449 e. The highest BCUT2D eigenvalue weighted by atomic mass is 35.5. The lowest BCUT2D eigenvalue weighted by atomic mass is 10.1. The van der Waals surface area contributed by atoms with Gasteiger partial charge in [0.05, 0.1) is 5.54 Å². The highest BCUT2D eigenvalue weighted by Crippen LogP contribution is 2.47. The Bertz CT molecular complexity index is 323. The molecule has 0 aliphatic heterocycles. The van der Waals surface area contributed by atoms with E-state index in [9.17, 15) is 43.9 Å². The van der Waals surface area contributed by atoms with Gasteiger partial charge in [0, 0.05) is 0 Å². The molecule has 0 N–H and O–H groups in total. The molecule has 0 heterocycles. The van der Waals surface area contributed by atoms with Crippen LogP contribution in [0.1, 0.15) is 0 Å². The summed E-state index contributed by atoms with van der Waals surface area (Å²) in [4.78, 5) is 0. The van der Waals surface area contributed by atoms with Crippen molar-refractivity contribution >= 4 is 11.6 Å². The zero-order valence-corrected chi connectivity index (χ0v) is 9.11. The Balaban J connectivity index is 5.21. The quantitative estimate of drug-likeness (QED) is 0.548. The van der Waals surface area contributed by atoms with Crippen LogP contribution in [0, 0.1) is 0 Å². The van der Waals surface area contributed by atoms with Crippen molar-refractivity contribution < 1.29 is 48.6 Å². The Labute approximate surface area is 103 Å². The summed E-state index contributed by atoms with van der Waals surface area (Å²) >= 11 is 4.52. The van der Waals surface area contributed by atoms with Crippen LogP contribution in [-0.4, -0.2) is 30.8 Å². The zero-order chi connectivity index (χ0) is 15.7. The molecule has 0 fully saturated rings. The van der Waals surface area contributed by atoms with Gasteiger partial charge >= 0.3 is 24.2 Å². The molecule has 0 aliphatic carbocycles. The molecule has 0 bridgehead atoms. The molecule has 0 saturated carbocycles. The second-order valence-corrected chi connectivity index (χ2v) is 3.27. The van der Waals surface area contributed by atoms with Crippen LogP contribution >= 0.6 is 11.6 Å². The van der Waals surface area contributed by atoms with Gasteiger partial charge in [0.1, 0.15) is 6.61 Å². The van der Waals surface area contributed by atoms with E-state index in [0.29, 0.717) is 0 Å². The van der Waals surface area contributed by atoms with E-state index in [4.69, 9.17) is 0 Å². The van der Waals surface area contributed by atoms with Crippen LogP contribution in [0.4, 0.5) is 43.9 Å². The largest absolute Gasteiger partial charge is 0.484 e. The second-order valence-electron chi connectivity index (χ2n) is 3.06. The lowest BCUT2D eigenvalue weighted by molar-refractivity contribution is -0.351. The van der Waals surface area contributed by atoms with E-state index in [1.807, 2.05) is 0 Å². The normalized spacial score (nSPS) is 15.6. The first-order chi connectivity index (χ1) is 8.17. The summed E-state index contributed by atoms with van der Waals surface area (Å²) in [6.07, 6.45) is -18.5. The van der Waals surface area contributed by atoms with Gasteiger partial charge in [-0.15, -0.1) is 0 Å². The minimum atomic E-state index is -6.51. The summed E-state index contributed by atoms with van der Waals surface area (Å²) in [5.41, 5.74) is -6.40. The molecular formula is C7H3ClF10O. The number of hydrogen-bond acceptors (Lipinski definition) is 1. The van der Waals surface area contributed by atoms with Crippen LogP contribution in [0.15, 0.2) is 11.3 Å². The number of halogens is 11. The van der Waals surface area contributed by atoms with Gasteiger partial charge in [0.25, 0.3) is 0 Å². The molecule has 0 rings (SSSR count). The molecule has 19 heavy (non-hydrogen) atoms. The third-order valence-corrected chi connectivity index (χ3v) is 1.90. The van der Waals surface area contributed by atoms with Crippen LogP contribution in [-0.2, 0) is 4.74 Å². The molecule has 1 nitrogen and oxygen atoms in total. The molecule has 0 spiro atoms. The molecule has 0 aliphatic rings. The lowest BCUT2D eigenvalue weighted by Crippen LogP contribution is -2.56. The van der Waals surface area contributed by atoms with Gasteiger partial charge in [-0.05, 0) is 0 Å².